The number of para-hydroxylation sites is 1. The Bertz CT molecular complexity index is 864. The number of benzene rings is 2. The van der Waals surface area contributed by atoms with Crippen LogP contribution >= 0.6 is 0 Å². The second-order valence-electron chi connectivity index (χ2n) is 7.17. The molecule has 2 aromatic rings. The number of carbonyl (C=O) groups is 2. The summed E-state index contributed by atoms with van der Waals surface area (Å²) in [4.78, 5) is 29.3. The summed E-state index contributed by atoms with van der Waals surface area (Å²) < 4.78 is 5.41. The maximum atomic E-state index is 13.2. The summed E-state index contributed by atoms with van der Waals surface area (Å²) >= 11 is 0. The SMILES string of the molecule is COc1ccccc1CN1C(=O)CCC1C(=O)N1CCc2ccccc2C1. The predicted octanol–water partition coefficient (Wildman–Crippen LogP) is 2.77. The molecule has 1 unspecified atom stereocenters. The van der Waals surface area contributed by atoms with E-state index in [2.05, 4.69) is 12.1 Å². The molecule has 5 heteroatoms. The minimum atomic E-state index is -0.382. The molecule has 2 aromatic carbocycles. The maximum Gasteiger partial charge on any atom is 0.245 e. The molecule has 0 bridgehead atoms. The van der Waals surface area contributed by atoms with Gasteiger partial charge in [-0.3, -0.25) is 9.59 Å². The number of hydrogen-bond donors (Lipinski definition) is 0. The molecule has 2 aliphatic heterocycles. The molecule has 140 valence electrons. The number of ether oxygens (including phenoxy) is 1. The quantitative estimate of drug-likeness (QED) is 0.838. The molecule has 0 saturated carbocycles. The summed E-state index contributed by atoms with van der Waals surface area (Å²) in [6, 6.07) is 15.6. The number of carbonyl (C=O) groups excluding carboxylic acids is 2. The van der Waals surface area contributed by atoms with Crippen LogP contribution in [0.1, 0.15) is 29.5 Å². The first-order valence-corrected chi connectivity index (χ1v) is 9.44. The van der Waals surface area contributed by atoms with Gasteiger partial charge in [-0.15, -0.1) is 0 Å². The maximum absolute atomic E-state index is 13.2. The van der Waals surface area contributed by atoms with E-state index in [1.165, 1.54) is 11.1 Å². The fourth-order valence-corrected chi connectivity index (χ4v) is 4.10. The van der Waals surface area contributed by atoms with E-state index in [4.69, 9.17) is 4.74 Å². The Hall–Kier alpha value is -2.82. The molecular formula is C22H24N2O3. The van der Waals surface area contributed by atoms with Crippen LogP contribution in [0.25, 0.3) is 0 Å². The third-order valence-electron chi connectivity index (χ3n) is 5.59. The molecule has 1 atom stereocenters. The minimum absolute atomic E-state index is 0.0386. The molecule has 2 amide bonds. The minimum Gasteiger partial charge on any atom is -0.496 e. The van der Waals surface area contributed by atoms with E-state index in [9.17, 15) is 9.59 Å². The van der Waals surface area contributed by atoms with Crippen LogP contribution < -0.4 is 4.74 Å². The van der Waals surface area contributed by atoms with Crippen LogP contribution in [-0.2, 0) is 29.1 Å². The first kappa shape index (κ1) is 17.6. The van der Waals surface area contributed by atoms with Gasteiger partial charge in [0.15, 0.2) is 0 Å². The van der Waals surface area contributed by atoms with Gasteiger partial charge in [-0.1, -0.05) is 42.5 Å². The fourth-order valence-electron chi connectivity index (χ4n) is 4.10. The number of rotatable bonds is 4. The van der Waals surface area contributed by atoms with Gasteiger partial charge in [0.1, 0.15) is 11.8 Å². The zero-order valence-electron chi connectivity index (χ0n) is 15.6. The highest BCUT2D eigenvalue weighted by atomic mass is 16.5. The molecule has 2 heterocycles. The number of methoxy groups -OCH3 is 1. The Labute approximate surface area is 159 Å². The Balaban J connectivity index is 1.52. The van der Waals surface area contributed by atoms with Crippen LogP contribution in [-0.4, -0.2) is 41.3 Å². The van der Waals surface area contributed by atoms with E-state index >= 15 is 0 Å². The highest BCUT2D eigenvalue weighted by Gasteiger charge is 2.39. The summed E-state index contributed by atoms with van der Waals surface area (Å²) in [5, 5.41) is 0. The van der Waals surface area contributed by atoms with E-state index in [0.717, 1.165) is 17.7 Å². The van der Waals surface area contributed by atoms with Crippen molar-refractivity contribution in [2.24, 2.45) is 0 Å². The van der Waals surface area contributed by atoms with Crippen LogP contribution in [0, 0.1) is 0 Å². The van der Waals surface area contributed by atoms with Crippen molar-refractivity contribution in [3.05, 3.63) is 65.2 Å². The third-order valence-corrected chi connectivity index (χ3v) is 5.59. The van der Waals surface area contributed by atoms with Gasteiger partial charge in [0.05, 0.1) is 13.7 Å². The third kappa shape index (κ3) is 3.42. The lowest BCUT2D eigenvalue weighted by atomic mass is 9.99. The molecular weight excluding hydrogens is 340 g/mol. The average molecular weight is 364 g/mol. The van der Waals surface area contributed by atoms with Crippen molar-refractivity contribution in [3.63, 3.8) is 0 Å². The standard InChI is InChI=1S/C22H24N2O3/c1-27-20-9-5-4-8-18(20)15-24-19(10-11-21(24)25)22(26)23-13-12-16-6-2-3-7-17(16)14-23/h2-9,19H,10-15H2,1H3. The first-order chi connectivity index (χ1) is 13.2. The molecule has 1 saturated heterocycles. The monoisotopic (exact) mass is 364 g/mol. The van der Waals surface area contributed by atoms with Gasteiger partial charge < -0.3 is 14.5 Å². The van der Waals surface area contributed by atoms with Gasteiger partial charge in [0.2, 0.25) is 11.8 Å². The average Bonchev–Trinajstić information content (AvgIpc) is 3.07. The Kier molecular flexibility index (Phi) is 4.84. The lowest BCUT2D eigenvalue weighted by molar-refractivity contribution is -0.142. The smallest absolute Gasteiger partial charge is 0.245 e. The molecule has 0 N–H and O–H groups in total. The van der Waals surface area contributed by atoms with Gasteiger partial charge in [0, 0.05) is 25.1 Å². The predicted molar refractivity (Wildman–Crippen MR) is 102 cm³/mol. The van der Waals surface area contributed by atoms with Crippen molar-refractivity contribution in [2.45, 2.75) is 38.4 Å². The van der Waals surface area contributed by atoms with Gasteiger partial charge >= 0.3 is 0 Å². The van der Waals surface area contributed by atoms with E-state index in [1.54, 1.807) is 12.0 Å². The summed E-state index contributed by atoms with van der Waals surface area (Å²) in [6.07, 6.45) is 1.88. The number of amides is 2. The van der Waals surface area contributed by atoms with Crippen molar-refractivity contribution < 1.29 is 14.3 Å². The van der Waals surface area contributed by atoms with E-state index in [-0.39, 0.29) is 17.9 Å². The van der Waals surface area contributed by atoms with E-state index in [1.807, 2.05) is 41.3 Å². The Morgan fingerprint density at radius 2 is 1.81 bits per heavy atom. The molecule has 4 rings (SSSR count). The van der Waals surface area contributed by atoms with Crippen molar-refractivity contribution >= 4 is 11.8 Å². The van der Waals surface area contributed by atoms with Gasteiger partial charge in [-0.05, 0) is 30.0 Å². The number of nitrogens with zero attached hydrogens (tertiary/aromatic N) is 2. The van der Waals surface area contributed by atoms with Crippen molar-refractivity contribution in [2.75, 3.05) is 13.7 Å². The summed E-state index contributed by atoms with van der Waals surface area (Å²) in [6.45, 7) is 1.74. The highest BCUT2D eigenvalue weighted by Crippen LogP contribution is 2.28. The number of fused-ring (bicyclic) bond motifs is 1. The van der Waals surface area contributed by atoms with Crippen LogP contribution in [0.2, 0.25) is 0 Å². The molecule has 0 radical (unpaired) electrons. The molecule has 27 heavy (non-hydrogen) atoms. The van der Waals surface area contributed by atoms with Crippen molar-refractivity contribution in [3.8, 4) is 5.75 Å². The molecule has 0 aromatic heterocycles. The molecule has 5 nitrogen and oxygen atoms in total. The second kappa shape index (κ2) is 7.43. The normalized spacial score (nSPS) is 19.1. The van der Waals surface area contributed by atoms with Gasteiger partial charge in [-0.2, -0.15) is 0 Å². The van der Waals surface area contributed by atoms with Gasteiger partial charge in [-0.25, -0.2) is 0 Å². The Morgan fingerprint density at radius 3 is 2.63 bits per heavy atom. The van der Waals surface area contributed by atoms with Gasteiger partial charge in [0.25, 0.3) is 0 Å². The van der Waals surface area contributed by atoms with Crippen molar-refractivity contribution in [1.29, 1.82) is 0 Å². The zero-order valence-corrected chi connectivity index (χ0v) is 15.6. The second-order valence-corrected chi connectivity index (χ2v) is 7.17. The molecule has 0 spiro atoms. The van der Waals surface area contributed by atoms with Crippen LogP contribution in [0.5, 0.6) is 5.75 Å². The molecule has 2 aliphatic rings. The van der Waals surface area contributed by atoms with E-state index in [0.29, 0.717) is 32.5 Å². The summed E-state index contributed by atoms with van der Waals surface area (Å²) in [5.74, 6) is 0.845. The van der Waals surface area contributed by atoms with Crippen LogP contribution in [0.15, 0.2) is 48.5 Å². The van der Waals surface area contributed by atoms with E-state index < -0.39 is 0 Å². The molecule has 1 fully saturated rings. The highest BCUT2D eigenvalue weighted by molar-refractivity contribution is 5.91. The number of hydrogen-bond acceptors (Lipinski definition) is 3. The van der Waals surface area contributed by atoms with Crippen LogP contribution in [0.3, 0.4) is 0 Å². The van der Waals surface area contributed by atoms with Crippen LogP contribution in [0.4, 0.5) is 0 Å². The lowest BCUT2D eigenvalue weighted by Crippen LogP contribution is -2.48. The fraction of sp³-hybridized carbons (Fsp3) is 0.364. The van der Waals surface area contributed by atoms with Crippen molar-refractivity contribution in [1.82, 2.24) is 9.80 Å². The Morgan fingerprint density at radius 1 is 1.07 bits per heavy atom. The summed E-state index contributed by atoms with van der Waals surface area (Å²) in [7, 11) is 1.62. The lowest BCUT2D eigenvalue weighted by Gasteiger charge is -2.33. The molecule has 0 aliphatic carbocycles. The first-order valence-electron chi connectivity index (χ1n) is 9.44. The number of likely N-dealkylation sites (tertiary alicyclic amines) is 1. The topological polar surface area (TPSA) is 49.9 Å². The summed E-state index contributed by atoms with van der Waals surface area (Å²) in [5.41, 5.74) is 3.45. The zero-order chi connectivity index (χ0) is 18.8. The largest absolute Gasteiger partial charge is 0.496 e.